The first-order chi connectivity index (χ1) is 13.6. The minimum Gasteiger partial charge on any atom is -0.460 e. The van der Waals surface area contributed by atoms with Crippen molar-refractivity contribution in [3.63, 3.8) is 0 Å². The Kier molecular flexibility index (Phi) is 11.4. The molecule has 1 atom stereocenters. The molecule has 0 aliphatic carbocycles. The Hall–Kier alpha value is -1.48. The average Bonchev–Trinajstić information content (AvgIpc) is 2.62. The molecule has 0 N–H and O–H groups in total. The second-order valence-electron chi connectivity index (χ2n) is 8.32. The quantitative estimate of drug-likeness (QED) is 0.492. The van der Waals surface area contributed by atoms with Crippen LogP contribution >= 0.6 is 0 Å². The van der Waals surface area contributed by atoms with Gasteiger partial charge in [0.25, 0.3) is 0 Å². The number of allylic oxidation sites excluding steroid dienone is 1. The van der Waals surface area contributed by atoms with E-state index in [0.29, 0.717) is 39.3 Å². The van der Waals surface area contributed by atoms with Crippen molar-refractivity contribution in [1.29, 1.82) is 0 Å². The van der Waals surface area contributed by atoms with E-state index < -0.39 is 20.3 Å². The van der Waals surface area contributed by atoms with Gasteiger partial charge in [-0.05, 0) is 37.0 Å². The van der Waals surface area contributed by atoms with Crippen molar-refractivity contribution in [2.75, 3.05) is 39.6 Å². The highest BCUT2D eigenvalue weighted by Gasteiger charge is 2.38. The molecule has 1 aliphatic rings. The summed E-state index contributed by atoms with van der Waals surface area (Å²) in [4.78, 5) is 23.7. The molecule has 0 amide bonds. The lowest BCUT2D eigenvalue weighted by Crippen LogP contribution is -2.43. The molecule has 0 aromatic rings. The Morgan fingerprint density at radius 1 is 0.897 bits per heavy atom. The summed E-state index contributed by atoms with van der Waals surface area (Å²) in [5, 5.41) is 0.0466. The molecule has 29 heavy (non-hydrogen) atoms. The maximum Gasteiger partial charge on any atom is 0.330 e. The molecule has 8 heteroatoms. The van der Waals surface area contributed by atoms with Crippen LogP contribution in [-0.2, 0) is 33.0 Å². The van der Waals surface area contributed by atoms with Gasteiger partial charge in [-0.15, -0.1) is 0 Å². The fourth-order valence-electron chi connectivity index (χ4n) is 2.20. The van der Waals surface area contributed by atoms with Crippen LogP contribution in [0.1, 0.15) is 33.6 Å². The molecule has 0 aromatic heterocycles. The molecule has 7 nitrogen and oxygen atoms in total. The van der Waals surface area contributed by atoms with Crippen molar-refractivity contribution in [3.8, 4) is 0 Å². The first-order valence-electron chi connectivity index (χ1n) is 10.1. The molecule has 1 unspecified atom stereocenters. The van der Waals surface area contributed by atoms with E-state index in [-0.39, 0.29) is 24.4 Å². The fraction of sp³-hybridized carbons (Fsp3) is 0.714. The van der Waals surface area contributed by atoms with Crippen molar-refractivity contribution in [2.24, 2.45) is 0 Å². The average molecular weight is 429 g/mol. The molecular formula is C21H36O7Si. The van der Waals surface area contributed by atoms with Crippen molar-refractivity contribution in [2.45, 2.75) is 57.8 Å². The van der Waals surface area contributed by atoms with Crippen LogP contribution in [0, 0.1) is 0 Å². The topological polar surface area (TPSA) is 80.3 Å². The summed E-state index contributed by atoms with van der Waals surface area (Å²) >= 11 is 0. The Morgan fingerprint density at radius 2 is 1.41 bits per heavy atom. The minimum atomic E-state index is -2.02. The zero-order chi connectivity index (χ0) is 21.8. The van der Waals surface area contributed by atoms with Gasteiger partial charge in [-0.1, -0.05) is 26.8 Å². The van der Waals surface area contributed by atoms with Crippen LogP contribution < -0.4 is 0 Å². The summed E-state index contributed by atoms with van der Waals surface area (Å²) in [7, 11) is -2.02. The van der Waals surface area contributed by atoms with Gasteiger partial charge in [-0.3, -0.25) is 0 Å². The first kappa shape index (κ1) is 25.6. The number of rotatable bonds is 2. The summed E-state index contributed by atoms with van der Waals surface area (Å²) in [6, 6.07) is 0. The number of ether oxygens (including phenoxy) is 4. The molecule has 0 spiro atoms. The molecule has 1 heterocycles. The monoisotopic (exact) mass is 428 g/mol. The number of cyclic esters (lactones) is 2. The molecule has 1 rings (SSSR count). The Balaban J connectivity index is 2.78. The summed E-state index contributed by atoms with van der Waals surface area (Å²) in [5.74, 6) is -0.825. The van der Waals surface area contributed by atoms with E-state index in [1.54, 1.807) is 12.2 Å². The number of hydrogen-bond donors (Lipinski definition) is 0. The SMILES string of the molecule is CC(C)(C)[Si](C)(C)OC1/C=C/C(=O)OCCOCCOCCOC(=O)/C=C/CC1. The normalized spacial score (nSPS) is 24.4. The lowest BCUT2D eigenvalue weighted by molar-refractivity contribution is -0.141. The second kappa shape index (κ2) is 12.9. The van der Waals surface area contributed by atoms with Crippen molar-refractivity contribution < 1.29 is 33.0 Å². The number of hydrogen-bond acceptors (Lipinski definition) is 7. The third-order valence-corrected chi connectivity index (χ3v) is 9.39. The minimum absolute atomic E-state index is 0.0466. The Morgan fingerprint density at radius 3 is 1.97 bits per heavy atom. The molecule has 166 valence electrons. The molecule has 0 fully saturated rings. The summed E-state index contributed by atoms with van der Waals surface area (Å²) in [6.07, 6.45) is 7.36. The summed E-state index contributed by atoms with van der Waals surface area (Å²) in [6.45, 7) is 12.6. The van der Waals surface area contributed by atoms with Crippen LogP contribution in [-0.4, -0.2) is 66.0 Å². The van der Waals surface area contributed by atoms with E-state index in [2.05, 4.69) is 33.9 Å². The molecule has 0 saturated heterocycles. The summed E-state index contributed by atoms with van der Waals surface area (Å²) < 4.78 is 27.3. The molecule has 0 radical (unpaired) electrons. The number of carbonyl (C=O) groups excluding carboxylic acids is 2. The second-order valence-corrected chi connectivity index (χ2v) is 13.1. The van der Waals surface area contributed by atoms with E-state index in [1.807, 2.05) is 0 Å². The van der Waals surface area contributed by atoms with Crippen LogP contribution in [0.5, 0.6) is 0 Å². The molecule has 1 aliphatic heterocycles. The van der Waals surface area contributed by atoms with E-state index in [9.17, 15) is 9.59 Å². The van der Waals surface area contributed by atoms with Crippen LogP contribution in [0.3, 0.4) is 0 Å². The zero-order valence-electron chi connectivity index (χ0n) is 18.4. The third kappa shape index (κ3) is 11.3. The van der Waals surface area contributed by atoms with E-state index in [0.717, 1.165) is 0 Å². The number of carbonyl (C=O) groups is 2. The maximum atomic E-state index is 12.0. The van der Waals surface area contributed by atoms with Gasteiger partial charge >= 0.3 is 11.9 Å². The predicted octanol–water partition coefficient (Wildman–Crippen LogP) is 3.40. The van der Waals surface area contributed by atoms with Crippen LogP contribution in [0.15, 0.2) is 24.3 Å². The maximum absolute atomic E-state index is 12.0. The molecule has 0 saturated carbocycles. The van der Waals surface area contributed by atoms with Gasteiger partial charge in [0.05, 0.1) is 32.5 Å². The van der Waals surface area contributed by atoms with E-state index in [4.69, 9.17) is 23.4 Å². The van der Waals surface area contributed by atoms with Gasteiger partial charge in [0.15, 0.2) is 8.32 Å². The van der Waals surface area contributed by atoms with Gasteiger partial charge in [0.1, 0.15) is 13.2 Å². The number of esters is 2. The van der Waals surface area contributed by atoms with Gasteiger partial charge < -0.3 is 23.4 Å². The Bertz CT molecular complexity index is 564. The predicted molar refractivity (Wildman–Crippen MR) is 113 cm³/mol. The van der Waals surface area contributed by atoms with Crippen LogP contribution in [0.2, 0.25) is 18.1 Å². The van der Waals surface area contributed by atoms with E-state index in [1.165, 1.54) is 12.2 Å². The van der Waals surface area contributed by atoms with Crippen LogP contribution in [0.4, 0.5) is 0 Å². The summed E-state index contributed by atoms with van der Waals surface area (Å²) in [5.41, 5.74) is 0. The molecular weight excluding hydrogens is 392 g/mol. The smallest absolute Gasteiger partial charge is 0.330 e. The zero-order valence-corrected chi connectivity index (χ0v) is 19.4. The van der Waals surface area contributed by atoms with E-state index >= 15 is 0 Å². The largest absolute Gasteiger partial charge is 0.460 e. The lowest BCUT2D eigenvalue weighted by Gasteiger charge is -2.38. The first-order valence-corrected chi connectivity index (χ1v) is 13.0. The van der Waals surface area contributed by atoms with Crippen LogP contribution in [0.25, 0.3) is 0 Å². The molecule has 0 aromatic carbocycles. The third-order valence-electron chi connectivity index (χ3n) is 4.89. The highest BCUT2D eigenvalue weighted by atomic mass is 28.4. The fourth-order valence-corrected chi connectivity index (χ4v) is 3.50. The van der Waals surface area contributed by atoms with Crippen molar-refractivity contribution in [1.82, 2.24) is 0 Å². The van der Waals surface area contributed by atoms with Gasteiger partial charge in [-0.25, -0.2) is 9.59 Å². The highest BCUT2D eigenvalue weighted by molar-refractivity contribution is 6.74. The van der Waals surface area contributed by atoms with Crippen molar-refractivity contribution >= 4 is 20.3 Å². The Labute approximate surface area is 175 Å². The standard InChI is InChI=1S/C21H36O7Si/c1-21(2,3)29(4,5)28-18-8-6-7-9-19(22)26-16-14-24-12-13-25-15-17-27-20(23)11-10-18/h7,9-11,18H,6,8,12-17H2,1-5H3/b9-7+,11-10+. The van der Waals surface area contributed by atoms with Gasteiger partial charge in [-0.2, -0.15) is 0 Å². The highest BCUT2D eigenvalue weighted by Crippen LogP contribution is 2.37. The van der Waals surface area contributed by atoms with Gasteiger partial charge in [0.2, 0.25) is 0 Å². The lowest BCUT2D eigenvalue weighted by atomic mass is 10.2. The van der Waals surface area contributed by atoms with Gasteiger partial charge in [0, 0.05) is 12.2 Å². The van der Waals surface area contributed by atoms with Crippen molar-refractivity contribution in [3.05, 3.63) is 24.3 Å². The molecule has 0 bridgehead atoms.